The zero-order chi connectivity index (χ0) is 18.1. The topological polar surface area (TPSA) is 40.5 Å². The fourth-order valence-corrected chi connectivity index (χ4v) is 3.74. The lowest BCUT2D eigenvalue weighted by molar-refractivity contribution is 0.0199. The summed E-state index contributed by atoms with van der Waals surface area (Å²) in [5, 5.41) is 11.7. The molecule has 1 aliphatic rings. The van der Waals surface area contributed by atoms with Gasteiger partial charge in [-0.25, -0.2) is 0 Å². The first kappa shape index (κ1) is 18.0. The van der Waals surface area contributed by atoms with E-state index in [1.54, 1.807) is 12.1 Å². The molecule has 2 unspecified atom stereocenters. The summed E-state index contributed by atoms with van der Waals surface area (Å²) in [6, 6.07) is 11.1. The Morgan fingerprint density at radius 2 is 2.04 bits per heavy atom. The van der Waals surface area contributed by atoms with E-state index in [1.165, 1.54) is 4.90 Å². The van der Waals surface area contributed by atoms with Crippen LogP contribution in [0.15, 0.2) is 49.1 Å². The highest BCUT2D eigenvalue weighted by Gasteiger charge is 2.37. The van der Waals surface area contributed by atoms with E-state index in [0.29, 0.717) is 34.1 Å². The first-order chi connectivity index (χ1) is 12.0. The van der Waals surface area contributed by atoms with Gasteiger partial charge in [0, 0.05) is 23.6 Å². The highest BCUT2D eigenvalue weighted by atomic mass is 35.5. The molecule has 3 rings (SSSR count). The molecule has 0 aliphatic carbocycles. The van der Waals surface area contributed by atoms with Crippen LogP contribution in [0.5, 0.6) is 0 Å². The predicted octanol–water partition coefficient (Wildman–Crippen LogP) is 5.17. The summed E-state index contributed by atoms with van der Waals surface area (Å²) in [7, 11) is 0. The van der Waals surface area contributed by atoms with E-state index >= 15 is 0 Å². The predicted molar refractivity (Wildman–Crippen MR) is 101 cm³/mol. The van der Waals surface area contributed by atoms with E-state index in [-0.39, 0.29) is 11.8 Å². The Bertz CT molecular complexity index is 834. The van der Waals surface area contributed by atoms with Crippen molar-refractivity contribution in [3.63, 3.8) is 0 Å². The second-order valence-corrected chi connectivity index (χ2v) is 6.84. The number of carbonyl (C=O) groups is 1. The van der Waals surface area contributed by atoms with Crippen molar-refractivity contribution in [2.75, 3.05) is 6.54 Å². The van der Waals surface area contributed by atoms with Gasteiger partial charge in [-0.3, -0.25) is 4.79 Å². The average molecular weight is 376 g/mol. The van der Waals surface area contributed by atoms with Crippen LogP contribution < -0.4 is 0 Å². The second-order valence-electron chi connectivity index (χ2n) is 6.02. The molecule has 1 aliphatic heterocycles. The number of benzene rings is 2. The number of aliphatic hydroxyl groups is 1. The van der Waals surface area contributed by atoms with Crippen LogP contribution in [-0.2, 0) is 0 Å². The molecule has 2 aromatic carbocycles. The first-order valence-corrected chi connectivity index (χ1v) is 8.92. The Balaban J connectivity index is 2.15. The smallest absolute Gasteiger partial charge is 0.256 e. The Kier molecular flexibility index (Phi) is 5.19. The molecule has 0 radical (unpaired) electrons. The highest BCUT2D eigenvalue weighted by Crippen LogP contribution is 2.41. The van der Waals surface area contributed by atoms with Gasteiger partial charge >= 0.3 is 0 Å². The van der Waals surface area contributed by atoms with Gasteiger partial charge in [0.1, 0.15) is 0 Å². The summed E-state index contributed by atoms with van der Waals surface area (Å²) in [5.41, 5.74) is 3.11. The summed E-state index contributed by atoms with van der Waals surface area (Å²) in [6.45, 7) is 6.16. The molecule has 25 heavy (non-hydrogen) atoms. The number of hydrogen-bond acceptors (Lipinski definition) is 2. The molecule has 0 spiro atoms. The first-order valence-electron chi connectivity index (χ1n) is 8.17. The van der Waals surface area contributed by atoms with Crippen LogP contribution in [0.25, 0.3) is 0 Å². The van der Waals surface area contributed by atoms with Gasteiger partial charge in [0.25, 0.3) is 5.91 Å². The molecule has 0 aromatic heterocycles. The zero-order valence-corrected chi connectivity index (χ0v) is 15.4. The molecule has 1 N–H and O–H groups in total. The third-order valence-electron chi connectivity index (χ3n) is 4.65. The summed E-state index contributed by atoms with van der Waals surface area (Å²) >= 11 is 12.2. The third kappa shape index (κ3) is 3.08. The van der Waals surface area contributed by atoms with Crippen molar-refractivity contribution in [3.05, 3.63) is 81.4 Å². The molecule has 5 heteroatoms. The van der Waals surface area contributed by atoms with Crippen molar-refractivity contribution in [2.45, 2.75) is 25.5 Å². The van der Waals surface area contributed by atoms with E-state index in [9.17, 15) is 9.90 Å². The van der Waals surface area contributed by atoms with Gasteiger partial charge in [-0.1, -0.05) is 47.5 Å². The van der Waals surface area contributed by atoms with E-state index in [1.807, 2.05) is 37.3 Å². The van der Waals surface area contributed by atoms with E-state index in [2.05, 4.69) is 6.58 Å². The number of hydrogen-bond donors (Lipinski definition) is 1. The fourth-order valence-electron chi connectivity index (χ4n) is 3.44. The van der Waals surface area contributed by atoms with Crippen LogP contribution in [0, 0.1) is 0 Å². The second kappa shape index (κ2) is 7.20. The molecule has 0 saturated carbocycles. The van der Waals surface area contributed by atoms with Crippen LogP contribution in [0.3, 0.4) is 0 Å². The van der Waals surface area contributed by atoms with Crippen LogP contribution in [0.1, 0.15) is 52.5 Å². The largest absolute Gasteiger partial charge is 0.369 e. The standard InChI is InChI=1S/C20H19Cl2NO2/c1-3-6-13(12-9-10-16(21)17(22)11-12)14-7-5-8-15-18(14)20(25)23(4-2)19(15)24/h3,5,7-11,13,20,25H,1,4,6H2,2H3. The van der Waals surface area contributed by atoms with Gasteiger partial charge in [0.2, 0.25) is 0 Å². The molecular formula is C20H19Cl2NO2. The molecule has 3 nitrogen and oxygen atoms in total. The zero-order valence-electron chi connectivity index (χ0n) is 13.9. The van der Waals surface area contributed by atoms with Crippen molar-refractivity contribution in [1.29, 1.82) is 0 Å². The maximum atomic E-state index is 12.5. The minimum atomic E-state index is -0.932. The number of rotatable bonds is 5. The van der Waals surface area contributed by atoms with E-state index in [0.717, 1.165) is 11.1 Å². The van der Waals surface area contributed by atoms with Crippen molar-refractivity contribution >= 4 is 29.1 Å². The Hall–Kier alpha value is -1.81. The molecule has 1 heterocycles. The number of amides is 1. The van der Waals surface area contributed by atoms with Gasteiger partial charge in [0.15, 0.2) is 6.23 Å². The van der Waals surface area contributed by atoms with Crippen molar-refractivity contribution in [3.8, 4) is 0 Å². The van der Waals surface area contributed by atoms with Crippen molar-refractivity contribution in [2.24, 2.45) is 0 Å². The highest BCUT2D eigenvalue weighted by molar-refractivity contribution is 6.42. The number of carbonyl (C=O) groups excluding carboxylic acids is 1. The normalized spacial score (nSPS) is 17.5. The van der Waals surface area contributed by atoms with Crippen LogP contribution in [-0.4, -0.2) is 22.5 Å². The quantitative estimate of drug-likeness (QED) is 0.732. The van der Waals surface area contributed by atoms with Crippen LogP contribution >= 0.6 is 23.2 Å². The van der Waals surface area contributed by atoms with Crippen LogP contribution in [0.2, 0.25) is 10.0 Å². The van der Waals surface area contributed by atoms with Crippen LogP contribution in [0.4, 0.5) is 0 Å². The third-order valence-corrected chi connectivity index (χ3v) is 5.39. The van der Waals surface area contributed by atoms with Crippen molar-refractivity contribution < 1.29 is 9.90 Å². The summed E-state index contributed by atoms with van der Waals surface area (Å²) in [4.78, 5) is 14.0. The Morgan fingerprint density at radius 3 is 2.68 bits per heavy atom. The molecule has 130 valence electrons. The minimum Gasteiger partial charge on any atom is -0.369 e. The molecule has 1 amide bonds. The molecule has 2 aromatic rings. The average Bonchev–Trinajstić information content (AvgIpc) is 2.86. The molecular weight excluding hydrogens is 357 g/mol. The Labute approximate surface area is 157 Å². The van der Waals surface area contributed by atoms with Gasteiger partial charge in [-0.05, 0) is 42.7 Å². The lowest BCUT2D eigenvalue weighted by Crippen LogP contribution is -2.27. The maximum absolute atomic E-state index is 12.5. The van der Waals surface area contributed by atoms with Crippen molar-refractivity contribution in [1.82, 2.24) is 4.90 Å². The molecule has 0 bridgehead atoms. The van der Waals surface area contributed by atoms with Gasteiger partial charge in [-0.2, -0.15) is 0 Å². The van der Waals surface area contributed by atoms with Gasteiger partial charge in [-0.15, -0.1) is 6.58 Å². The maximum Gasteiger partial charge on any atom is 0.256 e. The lowest BCUT2D eigenvalue weighted by atomic mass is 9.84. The summed E-state index contributed by atoms with van der Waals surface area (Å²) in [6.07, 6.45) is 1.55. The summed E-state index contributed by atoms with van der Waals surface area (Å²) in [5.74, 6) is -0.209. The fraction of sp³-hybridized carbons (Fsp3) is 0.250. The van der Waals surface area contributed by atoms with E-state index in [4.69, 9.17) is 23.2 Å². The lowest BCUT2D eigenvalue weighted by Gasteiger charge is -2.23. The Morgan fingerprint density at radius 1 is 1.28 bits per heavy atom. The monoisotopic (exact) mass is 375 g/mol. The number of nitrogens with zero attached hydrogens (tertiary/aromatic N) is 1. The van der Waals surface area contributed by atoms with Gasteiger partial charge in [0.05, 0.1) is 10.0 Å². The molecule has 0 saturated heterocycles. The molecule has 2 atom stereocenters. The number of allylic oxidation sites excluding steroid dienone is 1. The minimum absolute atomic E-state index is 0.0681. The summed E-state index contributed by atoms with van der Waals surface area (Å²) < 4.78 is 0. The number of aliphatic hydroxyl groups excluding tert-OH is 1. The SMILES string of the molecule is C=CCC(c1ccc(Cl)c(Cl)c1)c1cccc2c1C(O)N(CC)C2=O. The van der Waals surface area contributed by atoms with Gasteiger partial charge < -0.3 is 10.0 Å². The molecule has 0 fully saturated rings. The van der Waals surface area contributed by atoms with E-state index < -0.39 is 6.23 Å². The number of fused-ring (bicyclic) bond motifs is 1. The number of halogens is 2.